The van der Waals surface area contributed by atoms with Crippen molar-refractivity contribution in [1.82, 2.24) is 0 Å². The Hall–Kier alpha value is 2.07. The molecule has 5 heteroatoms. The van der Waals surface area contributed by atoms with E-state index in [1.165, 1.54) is 12.8 Å². The summed E-state index contributed by atoms with van der Waals surface area (Å²) in [6, 6.07) is 0. The van der Waals surface area contributed by atoms with Gasteiger partial charge in [-0.15, -0.1) is 0 Å². The molecule has 0 aromatic heterocycles. The summed E-state index contributed by atoms with van der Waals surface area (Å²) in [5.41, 5.74) is 12.0. The van der Waals surface area contributed by atoms with Crippen molar-refractivity contribution in [2.75, 3.05) is 0 Å². The molecule has 0 bridgehead atoms. The van der Waals surface area contributed by atoms with Crippen molar-refractivity contribution in [3.8, 4) is 0 Å². The van der Waals surface area contributed by atoms with E-state index in [1.54, 1.807) is 0 Å². The van der Waals surface area contributed by atoms with Crippen LogP contribution in [0.2, 0.25) is 0 Å². The number of halogens is 2. The fourth-order valence-corrected chi connectivity index (χ4v) is 2.48. The maximum atomic E-state index is 6.01. The van der Waals surface area contributed by atoms with E-state index >= 15 is 0 Å². The zero-order valence-corrected chi connectivity index (χ0v) is 12.6. The van der Waals surface area contributed by atoms with Crippen molar-refractivity contribution in [2.24, 2.45) is 11.5 Å². The van der Waals surface area contributed by atoms with Gasteiger partial charge in [0.1, 0.15) is 0 Å². The average molecular weight is 561 g/mol. The van der Waals surface area contributed by atoms with E-state index in [1.807, 2.05) is 0 Å². The molecule has 0 aromatic rings. The largest absolute Gasteiger partial charge is 0.315 e. The third-order valence-corrected chi connectivity index (χ3v) is 6.06. The second kappa shape index (κ2) is 4.53. The Morgan fingerprint density at radius 3 is 1.36 bits per heavy atom. The summed E-state index contributed by atoms with van der Waals surface area (Å²) in [6.07, 6.45) is 4.54. The molecule has 0 aliphatic heterocycles. The maximum absolute atomic E-state index is 6.01. The predicted molar refractivity (Wildman–Crippen MR) is 60.3 cm³/mol. The molecule has 11 heavy (non-hydrogen) atoms. The van der Waals surface area contributed by atoms with Gasteiger partial charge in [-0.2, -0.15) is 0 Å². The first-order chi connectivity index (χ1) is 4.46. The molecule has 2 nitrogen and oxygen atoms in total. The third-order valence-electron chi connectivity index (χ3n) is 2.02. The normalized spacial score (nSPS) is 44.7. The van der Waals surface area contributed by atoms with Gasteiger partial charge in [0.05, 0.1) is 7.09 Å². The smallest absolute Gasteiger partial charge is 0.0955 e. The first-order valence-electron chi connectivity index (χ1n) is 3.41. The van der Waals surface area contributed by atoms with Crippen molar-refractivity contribution in [1.29, 1.82) is 0 Å². The number of hydrogen-bond donors (Lipinski definition) is 2. The Balaban J connectivity index is 0.000001000. The summed E-state index contributed by atoms with van der Waals surface area (Å²) in [7, 11) is 0. The van der Waals surface area contributed by atoms with Crippen LogP contribution in [0.1, 0.15) is 25.7 Å². The summed E-state index contributed by atoms with van der Waals surface area (Å²) in [6.45, 7) is 0. The van der Waals surface area contributed by atoms with E-state index in [2.05, 4.69) is 45.2 Å². The molecule has 1 fully saturated rings. The maximum Gasteiger partial charge on any atom is 0.0955 e. The Morgan fingerprint density at radius 2 is 1.18 bits per heavy atom. The molecule has 0 amide bonds. The van der Waals surface area contributed by atoms with E-state index in [4.69, 9.17) is 11.5 Å². The molecule has 0 aromatic carbocycles. The zero-order chi connectivity index (χ0) is 7.83. The Bertz CT molecular complexity index is 123. The van der Waals surface area contributed by atoms with Gasteiger partial charge in [-0.25, -0.2) is 0 Å². The van der Waals surface area contributed by atoms with E-state index in [0.29, 0.717) is 0 Å². The van der Waals surface area contributed by atoms with Gasteiger partial charge in [-0.05, 0) is 12.8 Å². The molecule has 1 saturated carbocycles. The minimum Gasteiger partial charge on any atom is -0.315 e. The minimum atomic E-state index is -0.191. The van der Waals surface area contributed by atoms with E-state index < -0.39 is 0 Å². The summed E-state index contributed by atoms with van der Waals surface area (Å²) < 4.78 is -0.382. The van der Waals surface area contributed by atoms with Crippen LogP contribution in [0, 0.1) is 0 Å². The van der Waals surface area contributed by atoms with E-state index in [9.17, 15) is 0 Å². The fraction of sp³-hybridized carbons (Fsp3) is 1.00. The molecule has 1 aliphatic rings. The van der Waals surface area contributed by atoms with E-state index in [-0.39, 0.29) is 28.2 Å². The van der Waals surface area contributed by atoms with Crippen molar-refractivity contribution in [3.63, 3.8) is 0 Å². The van der Waals surface area contributed by atoms with Gasteiger partial charge >= 0.3 is 0 Å². The van der Waals surface area contributed by atoms with Crippen LogP contribution in [0.3, 0.4) is 0 Å². The van der Waals surface area contributed by atoms with Gasteiger partial charge in [0.15, 0.2) is 0 Å². The molecular weight excluding hydrogens is 549 g/mol. The van der Waals surface area contributed by atoms with Gasteiger partial charge in [0.25, 0.3) is 0 Å². The first-order valence-corrected chi connectivity index (χ1v) is 5.57. The van der Waals surface area contributed by atoms with Crippen LogP contribution in [0.15, 0.2) is 0 Å². The van der Waals surface area contributed by atoms with Crippen molar-refractivity contribution in [2.45, 2.75) is 32.8 Å². The predicted octanol–water partition coefficient (Wildman–Crippen LogP) is 1.74. The zero-order valence-electron chi connectivity index (χ0n) is 6.06. The standard InChI is InChI=1S/C6H12I2N2.Pt/c7-5(9)3-1-2-4-6(5,8)10;/h1-4,9-10H2;/t5-,6+;. The fourth-order valence-electron chi connectivity index (χ4n) is 1.18. The Morgan fingerprint density at radius 1 is 0.909 bits per heavy atom. The topological polar surface area (TPSA) is 52.0 Å². The van der Waals surface area contributed by atoms with Crippen LogP contribution in [0.4, 0.5) is 0 Å². The summed E-state index contributed by atoms with van der Waals surface area (Å²) in [5, 5.41) is 0. The third kappa shape index (κ3) is 3.04. The molecular formula is C6H12I2N2Pt. The molecule has 70 valence electrons. The molecule has 1 aliphatic carbocycles. The second-order valence-corrected chi connectivity index (χ2v) is 6.78. The van der Waals surface area contributed by atoms with Gasteiger partial charge in [0, 0.05) is 21.1 Å². The SMILES string of the molecule is N[C@]1(I)CCCC[C@@]1(N)I.[Pt]. The summed E-state index contributed by atoms with van der Waals surface area (Å²) in [4.78, 5) is 0. The quantitative estimate of drug-likeness (QED) is 0.269. The van der Waals surface area contributed by atoms with Crippen LogP contribution in [-0.2, 0) is 21.1 Å². The van der Waals surface area contributed by atoms with Crippen molar-refractivity contribution >= 4 is 45.2 Å². The molecule has 0 unspecified atom stereocenters. The van der Waals surface area contributed by atoms with Crippen LogP contribution >= 0.6 is 45.2 Å². The first kappa shape index (κ1) is 13.1. The van der Waals surface area contributed by atoms with Gasteiger partial charge in [-0.1, -0.05) is 58.0 Å². The molecule has 0 saturated heterocycles. The van der Waals surface area contributed by atoms with Crippen molar-refractivity contribution in [3.05, 3.63) is 0 Å². The average Bonchev–Trinajstić information content (AvgIpc) is 1.77. The summed E-state index contributed by atoms with van der Waals surface area (Å²) in [5.74, 6) is 0. The molecule has 2 atom stereocenters. The number of rotatable bonds is 0. The number of nitrogens with two attached hydrogens (primary N) is 2. The summed E-state index contributed by atoms with van der Waals surface area (Å²) >= 11 is 4.56. The molecule has 0 heterocycles. The van der Waals surface area contributed by atoms with Gasteiger partial charge < -0.3 is 11.5 Å². The molecule has 4 N–H and O–H groups in total. The van der Waals surface area contributed by atoms with Crippen LogP contribution in [0.5, 0.6) is 0 Å². The number of hydrogen-bond acceptors (Lipinski definition) is 2. The second-order valence-electron chi connectivity index (χ2n) is 2.93. The molecule has 0 radical (unpaired) electrons. The molecule has 0 spiro atoms. The van der Waals surface area contributed by atoms with Gasteiger partial charge in [0.2, 0.25) is 0 Å². The minimum absolute atomic E-state index is 0. The van der Waals surface area contributed by atoms with Crippen molar-refractivity contribution < 1.29 is 21.1 Å². The monoisotopic (exact) mass is 561 g/mol. The molecule has 1 rings (SSSR count). The Kier molecular flexibility index (Phi) is 5.38. The van der Waals surface area contributed by atoms with Gasteiger partial charge in [-0.3, -0.25) is 0 Å². The van der Waals surface area contributed by atoms with Crippen LogP contribution < -0.4 is 11.5 Å². The van der Waals surface area contributed by atoms with Crippen LogP contribution in [-0.4, -0.2) is 7.09 Å². The Labute approximate surface area is 109 Å². The van der Waals surface area contributed by atoms with E-state index in [0.717, 1.165) is 12.8 Å². The van der Waals surface area contributed by atoms with Crippen LogP contribution in [0.25, 0.3) is 0 Å². The number of alkyl halides is 2.